The first-order chi connectivity index (χ1) is 9.02. The molecule has 102 valence electrons. The number of carboxylic acids is 1. The van der Waals surface area contributed by atoms with Crippen LogP contribution in [0, 0.1) is 6.92 Å². The Bertz CT molecular complexity index is 607. The van der Waals surface area contributed by atoms with Crippen LogP contribution >= 0.6 is 11.8 Å². The third-order valence-corrected chi connectivity index (χ3v) is 4.39. The van der Waals surface area contributed by atoms with Gasteiger partial charge in [0.1, 0.15) is 5.82 Å². The predicted octanol–water partition coefficient (Wildman–Crippen LogP) is 3.18. The average Bonchev–Trinajstić information content (AvgIpc) is 2.70. The molecule has 19 heavy (non-hydrogen) atoms. The maximum atomic E-state index is 11.0. The van der Waals surface area contributed by atoms with E-state index in [-0.39, 0.29) is 0 Å². The van der Waals surface area contributed by atoms with Gasteiger partial charge in [-0.25, -0.2) is 9.78 Å². The van der Waals surface area contributed by atoms with E-state index in [9.17, 15) is 4.79 Å². The molecule has 0 fully saturated rings. The fraction of sp³-hybridized carbons (Fsp3) is 0.429. The zero-order chi connectivity index (χ0) is 14.0. The van der Waals surface area contributed by atoms with Gasteiger partial charge in [-0.05, 0) is 37.8 Å². The number of aromatic nitrogens is 2. The fourth-order valence-corrected chi connectivity index (χ4v) is 2.43. The Morgan fingerprint density at radius 3 is 2.89 bits per heavy atom. The number of hydrogen-bond acceptors (Lipinski definition) is 3. The largest absolute Gasteiger partial charge is 0.478 e. The van der Waals surface area contributed by atoms with Crippen molar-refractivity contribution in [3.05, 3.63) is 29.6 Å². The van der Waals surface area contributed by atoms with Crippen molar-refractivity contribution in [3.8, 4) is 0 Å². The fourth-order valence-electron chi connectivity index (χ4n) is 2.09. The average molecular weight is 278 g/mol. The van der Waals surface area contributed by atoms with Crippen molar-refractivity contribution < 1.29 is 9.90 Å². The lowest BCUT2D eigenvalue weighted by Crippen LogP contribution is -2.06. The van der Waals surface area contributed by atoms with Crippen LogP contribution in [0.25, 0.3) is 11.0 Å². The van der Waals surface area contributed by atoms with E-state index in [0.29, 0.717) is 10.8 Å². The summed E-state index contributed by atoms with van der Waals surface area (Å²) in [4.78, 5) is 15.5. The summed E-state index contributed by atoms with van der Waals surface area (Å²) in [6.07, 6.45) is 3.15. The standard InChI is InChI=1S/C14H18N2O2S/c1-9(19-3)6-7-16-10(2)15-12-5-4-11(14(17)18)8-13(12)16/h4-5,8-9H,6-7H2,1-3H3,(H,17,18). The highest BCUT2D eigenvalue weighted by Gasteiger charge is 2.11. The van der Waals surface area contributed by atoms with Crippen LogP contribution in [0.5, 0.6) is 0 Å². The zero-order valence-corrected chi connectivity index (χ0v) is 12.2. The second-order valence-electron chi connectivity index (χ2n) is 4.65. The van der Waals surface area contributed by atoms with E-state index >= 15 is 0 Å². The van der Waals surface area contributed by atoms with E-state index in [2.05, 4.69) is 22.7 Å². The molecule has 1 atom stereocenters. The third kappa shape index (κ3) is 2.92. The molecule has 0 radical (unpaired) electrons. The lowest BCUT2D eigenvalue weighted by molar-refractivity contribution is 0.0697. The van der Waals surface area contributed by atoms with E-state index in [4.69, 9.17) is 5.11 Å². The van der Waals surface area contributed by atoms with Gasteiger partial charge >= 0.3 is 5.97 Å². The second-order valence-corrected chi connectivity index (χ2v) is 5.93. The molecule has 0 aliphatic carbocycles. The summed E-state index contributed by atoms with van der Waals surface area (Å²) in [5.41, 5.74) is 2.08. The number of carbonyl (C=O) groups is 1. The van der Waals surface area contributed by atoms with Crippen molar-refractivity contribution in [2.75, 3.05) is 6.26 Å². The number of thioether (sulfide) groups is 1. The van der Waals surface area contributed by atoms with Gasteiger partial charge in [-0.1, -0.05) is 6.92 Å². The van der Waals surface area contributed by atoms with E-state index in [0.717, 1.165) is 29.8 Å². The molecule has 0 saturated carbocycles. The molecule has 4 nitrogen and oxygen atoms in total. The van der Waals surface area contributed by atoms with Crippen LogP contribution in [0.1, 0.15) is 29.5 Å². The number of hydrogen-bond donors (Lipinski definition) is 1. The van der Waals surface area contributed by atoms with Crippen LogP contribution in [0.4, 0.5) is 0 Å². The summed E-state index contributed by atoms with van der Waals surface area (Å²) in [6, 6.07) is 5.09. The Morgan fingerprint density at radius 1 is 1.53 bits per heavy atom. The Balaban J connectivity index is 2.38. The van der Waals surface area contributed by atoms with Gasteiger partial charge in [-0.3, -0.25) is 0 Å². The van der Waals surface area contributed by atoms with Crippen molar-refractivity contribution in [2.45, 2.75) is 32.1 Å². The Morgan fingerprint density at radius 2 is 2.26 bits per heavy atom. The van der Waals surface area contributed by atoms with Crippen molar-refractivity contribution in [2.24, 2.45) is 0 Å². The summed E-state index contributed by atoms with van der Waals surface area (Å²) in [5, 5.41) is 9.65. The number of nitrogens with zero attached hydrogens (tertiary/aromatic N) is 2. The van der Waals surface area contributed by atoms with Crippen LogP contribution in [-0.4, -0.2) is 32.1 Å². The van der Waals surface area contributed by atoms with Gasteiger partial charge in [-0.2, -0.15) is 11.8 Å². The molecule has 5 heteroatoms. The van der Waals surface area contributed by atoms with Gasteiger partial charge in [0.2, 0.25) is 0 Å². The van der Waals surface area contributed by atoms with Crippen molar-refractivity contribution in [3.63, 3.8) is 0 Å². The molecule has 2 aromatic rings. The lowest BCUT2D eigenvalue weighted by atomic mass is 10.2. The normalized spacial score (nSPS) is 12.8. The minimum absolute atomic E-state index is 0.312. The van der Waals surface area contributed by atoms with Crippen LogP contribution in [0.3, 0.4) is 0 Å². The van der Waals surface area contributed by atoms with Gasteiger partial charge in [0.15, 0.2) is 0 Å². The first-order valence-corrected chi connectivity index (χ1v) is 7.54. The van der Waals surface area contributed by atoms with E-state index in [1.54, 1.807) is 18.2 Å². The molecule has 1 aromatic carbocycles. The number of aromatic carboxylic acids is 1. The topological polar surface area (TPSA) is 55.1 Å². The highest BCUT2D eigenvalue weighted by molar-refractivity contribution is 7.99. The second kappa shape index (κ2) is 5.65. The molecule has 1 heterocycles. The number of benzene rings is 1. The SMILES string of the molecule is CSC(C)CCn1c(C)nc2ccc(C(=O)O)cc21. The zero-order valence-electron chi connectivity index (χ0n) is 11.4. The molecular weight excluding hydrogens is 260 g/mol. The van der Waals surface area contributed by atoms with Crippen LogP contribution in [0.2, 0.25) is 0 Å². The number of imidazole rings is 1. The molecule has 1 aromatic heterocycles. The van der Waals surface area contributed by atoms with E-state index in [1.165, 1.54) is 0 Å². The van der Waals surface area contributed by atoms with Crippen LogP contribution < -0.4 is 0 Å². The summed E-state index contributed by atoms with van der Waals surface area (Å²) in [7, 11) is 0. The summed E-state index contributed by atoms with van der Waals surface area (Å²) >= 11 is 1.84. The Kier molecular flexibility index (Phi) is 4.14. The summed E-state index contributed by atoms with van der Waals surface area (Å²) < 4.78 is 2.11. The third-order valence-electron chi connectivity index (χ3n) is 3.35. The first-order valence-electron chi connectivity index (χ1n) is 6.26. The summed E-state index contributed by atoms with van der Waals surface area (Å²) in [5.74, 6) is 0.0376. The van der Waals surface area contributed by atoms with Gasteiger partial charge in [-0.15, -0.1) is 0 Å². The number of fused-ring (bicyclic) bond motifs is 1. The molecule has 0 bridgehead atoms. The van der Waals surface area contributed by atoms with E-state index < -0.39 is 5.97 Å². The number of aryl methyl sites for hydroxylation is 2. The highest BCUT2D eigenvalue weighted by atomic mass is 32.2. The maximum Gasteiger partial charge on any atom is 0.335 e. The van der Waals surface area contributed by atoms with Crippen LogP contribution in [-0.2, 0) is 6.54 Å². The monoisotopic (exact) mass is 278 g/mol. The molecule has 0 aliphatic heterocycles. The molecule has 1 N–H and O–H groups in total. The van der Waals surface area contributed by atoms with E-state index in [1.807, 2.05) is 18.7 Å². The smallest absolute Gasteiger partial charge is 0.335 e. The van der Waals surface area contributed by atoms with Gasteiger partial charge < -0.3 is 9.67 Å². The van der Waals surface area contributed by atoms with Gasteiger partial charge in [0.05, 0.1) is 16.6 Å². The quantitative estimate of drug-likeness (QED) is 0.912. The Hall–Kier alpha value is -1.49. The maximum absolute atomic E-state index is 11.0. The molecular formula is C14H18N2O2S. The molecule has 0 spiro atoms. The molecule has 0 amide bonds. The predicted molar refractivity (Wildman–Crippen MR) is 79.0 cm³/mol. The van der Waals surface area contributed by atoms with Gasteiger partial charge in [0.25, 0.3) is 0 Å². The number of rotatable bonds is 5. The molecule has 0 saturated heterocycles. The van der Waals surface area contributed by atoms with Crippen LogP contribution in [0.15, 0.2) is 18.2 Å². The highest BCUT2D eigenvalue weighted by Crippen LogP contribution is 2.20. The Labute approximate surface area is 116 Å². The lowest BCUT2D eigenvalue weighted by Gasteiger charge is -2.11. The van der Waals surface area contributed by atoms with Crippen molar-refractivity contribution in [1.29, 1.82) is 0 Å². The van der Waals surface area contributed by atoms with Gasteiger partial charge in [0, 0.05) is 11.8 Å². The van der Waals surface area contributed by atoms with Crippen molar-refractivity contribution in [1.82, 2.24) is 9.55 Å². The van der Waals surface area contributed by atoms with Crippen molar-refractivity contribution >= 4 is 28.8 Å². The number of carboxylic acid groups (broad SMARTS) is 1. The first kappa shape index (κ1) is 13.9. The summed E-state index contributed by atoms with van der Waals surface area (Å²) in [6.45, 7) is 5.03. The molecule has 1 unspecified atom stereocenters. The molecule has 0 aliphatic rings. The molecule has 2 rings (SSSR count). The minimum Gasteiger partial charge on any atom is -0.478 e. The minimum atomic E-state index is -0.898.